The van der Waals surface area contributed by atoms with Crippen LogP contribution in [0.25, 0.3) is 0 Å². The average molecular weight is 151 g/mol. The van der Waals surface area contributed by atoms with Gasteiger partial charge in [0, 0.05) is 6.54 Å². The van der Waals surface area contributed by atoms with E-state index in [-0.39, 0.29) is 0 Å². The summed E-state index contributed by atoms with van der Waals surface area (Å²) in [5, 5.41) is 12.4. The van der Waals surface area contributed by atoms with Crippen molar-refractivity contribution in [1.29, 1.82) is 0 Å². The number of aromatic hydroxyl groups is 1. The first-order valence-corrected chi connectivity index (χ1v) is 3.77. The molecule has 2 nitrogen and oxygen atoms in total. The van der Waals surface area contributed by atoms with E-state index in [2.05, 4.69) is 5.32 Å². The van der Waals surface area contributed by atoms with Crippen molar-refractivity contribution in [2.24, 2.45) is 0 Å². The molecule has 0 atom stereocenters. The fraction of sp³-hybridized carbons (Fsp3) is 0.333. The van der Waals surface area contributed by atoms with Crippen LogP contribution in [0.15, 0.2) is 18.2 Å². The van der Waals surface area contributed by atoms with Crippen molar-refractivity contribution < 1.29 is 5.11 Å². The second-order valence-electron chi connectivity index (χ2n) is 2.55. The van der Waals surface area contributed by atoms with Gasteiger partial charge in [-0.25, -0.2) is 0 Å². The Bertz CT molecular complexity index is 245. The van der Waals surface area contributed by atoms with E-state index in [1.807, 2.05) is 26.0 Å². The van der Waals surface area contributed by atoms with Gasteiger partial charge in [-0.2, -0.15) is 0 Å². The summed E-state index contributed by atoms with van der Waals surface area (Å²) in [5.74, 6) is 0.317. The lowest BCUT2D eigenvalue weighted by atomic mass is 10.2. The van der Waals surface area contributed by atoms with Gasteiger partial charge in [0.15, 0.2) is 0 Å². The summed E-state index contributed by atoms with van der Waals surface area (Å²) in [5.41, 5.74) is 1.96. The molecule has 0 radical (unpaired) electrons. The summed E-state index contributed by atoms with van der Waals surface area (Å²) in [6, 6.07) is 5.52. The molecule has 0 saturated heterocycles. The van der Waals surface area contributed by atoms with Crippen molar-refractivity contribution in [3.05, 3.63) is 23.8 Å². The molecule has 0 unspecified atom stereocenters. The molecule has 1 aromatic rings. The molecule has 0 aromatic heterocycles. The van der Waals surface area contributed by atoms with Crippen molar-refractivity contribution in [2.75, 3.05) is 11.9 Å². The van der Waals surface area contributed by atoms with Gasteiger partial charge in [0.05, 0.1) is 5.69 Å². The van der Waals surface area contributed by atoms with Gasteiger partial charge in [-0.1, -0.05) is 6.07 Å². The maximum Gasteiger partial charge on any atom is 0.138 e. The van der Waals surface area contributed by atoms with E-state index in [0.717, 1.165) is 17.8 Å². The van der Waals surface area contributed by atoms with Crippen molar-refractivity contribution >= 4 is 5.69 Å². The number of phenolic OH excluding ortho intramolecular Hbond substituents is 1. The minimum absolute atomic E-state index is 0.317. The van der Waals surface area contributed by atoms with Crippen molar-refractivity contribution in [3.8, 4) is 5.75 Å². The van der Waals surface area contributed by atoms with Crippen LogP contribution in [-0.4, -0.2) is 11.7 Å². The maximum absolute atomic E-state index is 9.30. The molecular formula is C9H13NO. The number of rotatable bonds is 2. The first-order valence-electron chi connectivity index (χ1n) is 3.77. The smallest absolute Gasteiger partial charge is 0.138 e. The Kier molecular flexibility index (Phi) is 2.36. The van der Waals surface area contributed by atoms with Crippen LogP contribution < -0.4 is 5.32 Å². The van der Waals surface area contributed by atoms with Crippen LogP contribution in [0.1, 0.15) is 12.5 Å². The normalized spacial score (nSPS) is 9.64. The van der Waals surface area contributed by atoms with E-state index in [1.165, 1.54) is 0 Å². The molecule has 0 aliphatic heterocycles. The van der Waals surface area contributed by atoms with Crippen LogP contribution in [0.4, 0.5) is 5.69 Å². The van der Waals surface area contributed by atoms with Crippen molar-refractivity contribution in [3.63, 3.8) is 0 Å². The number of anilines is 1. The quantitative estimate of drug-likeness (QED) is 0.634. The molecule has 0 amide bonds. The molecular weight excluding hydrogens is 138 g/mol. The second kappa shape index (κ2) is 3.28. The minimum atomic E-state index is 0.317. The lowest BCUT2D eigenvalue weighted by molar-refractivity contribution is 0.477. The zero-order chi connectivity index (χ0) is 8.27. The zero-order valence-corrected chi connectivity index (χ0v) is 6.89. The van der Waals surface area contributed by atoms with Gasteiger partial charge >= 0.3 is 0 Å². The fourth-order valence-electron chi connectivity index (χ4n) is 0.982. The third-order valence-corrected chi connectivity index (χ3v) is 1.52. The summed E-state index contributed by atoms with van der Waals surface area (Å²) in [7, 11) is 0. The highest BCUT2D eigenvalue weighted by atomic mass is 16.3. The van der Waals surface area contributed by atoms with Gasteiger partial charge in [0.25, 0.3) is 0 Å². The topological polar surface area (TPSA) is 32.3 Å². The van der Waals surface area contributed by atoms with Crippen LogP contribution in [0.3, 0.4) is 0 Å². The Balaban J connectivity index is 2.93. The molecule has 0 bridgehead atoms. The first kappa shape index (κ1) is 7.92. The van der Waals surface area contributed by atoms with Crippen LogP contribution in [0.5, 0.6) is 5.75 Å². The fourth-order valence-corrected chi connectivity index (χ4v) is 0.982. The summed E-state index contributed by atoms with van der Waals surface area (Å²) < 4.78 is 0. The Hall–Kier alpha value is -1.18. The number of phenols is 1. The summed E-state index contributed by atoms with van der Waals surface area (Å²) in [6.07, 6.45) is 0. The number of nitrogens with one attached hydrogen (secondary N) is 1. The van der Waals surface area contributed by atoms with Gasteiger partial charge < -0.3 is 10.4 Å². The number of hydrogen-bond donors (Lipinski definition) is 2. The predicted octanol–water partition coefficient (Wildman–Crippen LogP) is 2.13. The molecule has 0 fully saturated rings. The van der Waals surface area contributed by atoms with Gasteiger partial charge in [-0.05, 0) is 31.5 Å². The highest BCUT2D eigenvalue weighted by molar-refractivity contribution is 5.56. The lowest BCUT2D eigenvalue weighted by Crippen LogP contribution is -1.96. The van der Waals surface area contributed by atoms with Gasteiger partial charge in [-0.3, -0.25) is 0 Å². The molecule has 0 saturated carbocycles. The molecule has 1 rings (SSSR count). The van der Waals surface area contributed by atoms with Crippen LogP contribution in [0, 0.1) is 6.92 Å². The van der Waals surface area contributed by atoms with Gasteiger partial charge in [0.2, 0.25) is 0 Å². The Morgan fingerprint density at radius 1 is 1.45 bits per heavy atom. The van der Waals surface area contributed by atoms with Crippen molar-refractivity contribution in [2.45, 2.75) is 13.8 Å². The number of aryl methyl sites for hydroxylation is 1. The summed E-state index contributed by atoms with van der Waals surface area (Å²) in [6.45, 7) is 4.83. The lowest BCUT2D eigenvalue weighted by Gasteiger charge is -2.05. The third-order valence-electron chi connectivity index (χ3n) is 1.52. The van der Waals surface area contributed by atoms with Crippen LogP contribution >= 0.6 is 0 Å². The molecule has 1 aromatic carbocycles. The minimum Gasteiger partial charge on any atom is -0.506 e. The summed E-state index contributed by atoms with van der Waals surface area (Å²) >= 11 is 0. The molecule has 2 heteroatoms. The summed E-state index contributed by atoms with van der Waals surface area (Å²) in [4.78, 5) is 0. The zero-order valence-electron chi connectivity index (χ0n) is 6.89. The number of hydrogen-bond acceptors (Lipinski definition) is 2. The molecule has 11 heavy (non-hydrogen) atoms. The molecule has 0 heterocycles. The van der Waals surface area contributed by atoms with Crippen molar-refractivity contribution in [1.82, 2.24) is 0 Å². The van der Waals surface area contributed by atoms with Gasteiger partial charge in [0.1, 0.15) is 5.75 Å². The van der Waals surface area contributed by atoms with Crippen LogP contribution in [0.2, 0.25) is 0 Å². The van der Waals surface area contributed by atoms with E-state index in [1.54, 1.807) is 6.07 Å². The molecule has 0 aliphatic carbocycles. The predicted molar refractivity (Wildman–Crippen MR) is 47.0 cm³/mol. The van der Waals surface area contributed by atoms with E-state index in [4.69, 9.17) is 0 Å². The van der Waals surface area contributed by atoms with E-state index in [9.17, 15) is 5.11 Å². The standard InChI is InChI=1S/C9H13NO/c1-3-10-8-6-7(2)4-5-9(8)11/h4-6,10-11H,3H2,1-2H3. The Morgan fingerprint density at radius 3 is 2.82 bits per heavy atom. The van der Waals surface area contributed by atoms with E-state index >= 15 is 0 Å². The van der Waals surface area contributed by atoms with Crippen LogP contribution in [-0.2, 0) is 0 Å². The molecule has 60 valence electrons. The largest absolute Gasteiger partial charge is 0.506 e. The highest BCUT2D eigenvalue weighted by Crippen LogP contribution is 2.23. The van der Waals surface area contributed by atoms with Gasteiger partial charge in [-0.15, -0.1) is 0 Å². The maximum atomic E-state index is 9.30. The average Bonchev–Trinajstić information content (AvgIpc) is 1.98. The first-order chi connectivity index (χ1) is 5.24. The third kappa shape index (κ3) is 1.87. The SMILES string of the molecule is CCNc1cc(C)ccc1O. The monoisotopic (exact) mass is 151 g/mol. The molecule has 0 spiro atoms. The van der Waals surface area contributed by atoms with E-state index < -0.39 is 0 Å². The Morgan fingerprint density at radius 2 is 2.18 bits per heavy atom. The Labute approximate surface area is 66.9 Å². The molecule has 2 N–H and O–H groups in total. The van der Waals surface area contributed by atoms with E-state index in [0.29, 0.717) is 5.75 Å². The highest BCUT2D eigenvalue weighted by Gasteiger charge is 1.97. The number of benzene rings is 1. The molecule has 0 aliphatic rings. The second-order valence-corrected chi connectivity index (χ2v) is 2.55.